The van der Waals surface area contributed by atoms with Crippen LogP contribution < -0.4 is 15.2 Å². The van der Waals surface area contributed by atoms with Crippen LogP contribution >= 0.6 is 0 Å². The molecule has 11 nitrogen and oxygen atoms in total. The van der Waals surface area contributed by atoms with Gasteiger partial charge in [0.1, 0.15) is 17.2 Å². The van der Waals surface area contributed by atoms with Gasteiger partial charge in [0, 0.05) is 26.2 Å². The fourth-order valence-corrected chi connectivity index (χ4v) is 4.07. The predicted molar refractivity (Wildman–Crippen MR) is 130 cm³/mol. The number of aromatic nitrogens is 2. The highest BCUT2D eigenvalue weighted by Gasteiger charge is 2.33. The van der Waals surface area contributed by atoms with Crippen molar-refractivity contribution >= 4 is 23.2 Å². The van der Waals surface area contributed by atoms with Gasteiger partial charge in [-0.2, -0.15) is 0 Å². The van der Waals surface area contributed by atoms with Gasteiger partial charge in [-0.25, -0.2) is 0 Å². The Hall–Kier alpha value is -3.73. The van der Waals surface area contributed by atoms with Crippen LogP contribution in [-0.4, -0.2) is 59.2 Å². The number of hydrogen-bond acceptors (Lipinski definition) is 8. The minimum atomic E-state index is -0.302. The third-order valence-electron chi connectivity index (χ3n) is 6.16. The average molecular weight is 486 g/mol. The van der Waals surface area contributed by atoms with Gasteiger partial charge in [-0.05, 0) is 48.6 Å². The number of nitrogens with one attached hydrogen (secondary N) is 3. The van der Waals surface area contributed by atoms with Gasteiger partial charge in [-0.15, -0.1) is 4.63 Å². The number of carbonyl (C=O) groups is 1. The van der Waals surface area contributed by atoms with Crippen molar-refractivity contribution in [3.8, 4) is 5.75 Å². The number of likely N-dealkylation sites (N-methyl/N-ethyl adjacent to an activating group) is 1. The van der Waals surface area contributed by atoms with Gasteiger partial charge < -0.3 is 24.6 Å². The van der Waals surface area contributed by atoms with Crippen molar-refractivity contribution in [1.29, 1.82) is 0 Å². The number of phenols is 1. The number of aromatic amines is 1. The molecule has 35 heavy (non-hydrogen) atoms. The molecule has 1 fully saturated rings. The second-order valence-corrected chi connectivity index (χ2v) is 9.99. The van der Waals surface area contributed by atoms with Crippen LogP contribution in [0.15, 0.2) is 39.4 Å². The summed E-state index contributed by atoms with van der Waals surface area (Å²) in [7, 11) is 2.01. The second kappa shape index (κ2) is 9.49. The van der Waals surface area contributed by atoms with E-state index < -0.39 is 0 Å². The van der Waals surface area contributed by atoms with Crippen LogP contribution in [0.1, 0.15) is 48.7 Å². The first-order valence-corrected chi connectivity index (χ1v) is 11.6. The fraction of sp³-hybridized carbons (Fsp3) is 0.458. The maximum atomic E-state index is 13.0. The third-order valence-corrected chi connectivity index (χ3v) is 6.16. The molecule has 1 aromatic carbocycles. The lowest BCUT2D eigenvalue weighted by Gasteiger charge is -2.32. The molecule has 4 rings (SSSR count). The van der Waals surface area contributed by atoms with Crippen LogP contribution in [0.3, 0.4) is 0 Å². The lowest BCUT2D eigenvalue weighted by molar-refractivity contribution is -0.701. The first kappa shape index (κ1) is 24.4. The van der Waals surface area contributed by atoms with E-state index in [0.29, 0.717) is 18.8 Å². The number of aromatic hydroxyl groups is 1. The first-order chi connectivity index (χ1) is 16.5. The molecule has 0 saturated carbocycles. The van der Waals surface area contributed by atoms with Crippen molar-refractivity contribution in [3.05, 3.63) is 52.3 Å². The van der Waals surface area contributed by atoms with Crippen molar-refractivity contribution < 1.29 is 23.5 Å². The molecule has 188 valence electrons. The van der Waals surface area contributed by atoms with Gasteiger partial charge in [0.2, 0.25) is 0 Å². The van der Waals surface area contributed by atoms with E-state index in [4.69, 9.17) is 9.05 Å². The number of piperazine rings is 1. The van der Waals surface area contributed by atoms with Crippen LogP contribution in [-0.2, 0) is 0 Å². The average Bonchev–Trinajstić information content (AvgIpc) is 3.38. The largest absolute Gasteiger partial charge is 0.504 e. The Balaban J connectivity index is 1.60. The number of rotatable bonds is 6. The molecule has 11 heteroatoms. The summed E-state index contributed by atoms with van der Waals surface area (Å²) in [6, 6.07) is 8.27. The molecule has 1 aliphatic heterocycles. The summed E-state index contributed by atoms with van der Waals surface area (Å²) in [5.74, 6) is 1.25. The summed E-state index contributed by atoms with van der Waals surface area (Å²) in [4.78, 5) is 29.4. The molecule has 0 aliphatic carbocycles. The number of phenolic OH excluding ortho intramolecular Hbond substituents is 1. The van der Waals surface area contributed by atoms with Crippen LogP contribution in [0.5, 0.6) is 5.75 Å². The summed E-state index contributed by atoms with van der Waals surface area (Å²) >= 11 is 0. The summed E-state index contributed by atoms with van der Waals surface area (Å²) in [6.07, 6.45) is 0. The van der Waals surface area contributed by atoms with Gasteiger partial charge in [0.15, 0.2) is 10.3 Å². The molecular weight excluding hydrogens is 452 g/mol. The van der Waals surface area contributed by atoms with Crippen molar-refractivity contribution in [2.24, 2.45) is 5.41 Å². The lowest BCUT2D eigenvalue weighted by atomic mass is 9.85. The molecule has 0 unspecified atom stereocenters. The van der Waals surface area contributed by atoms with Gasteiger partial charge in [-0.3, -0.25) is 10.1 Å². The first-order valence-electron chi connectivity index (χ1n) is 11.6. The van der Waals surface area contributed by atoms with Gasteiger partial charge in [0.05, 0.1) is 11.6 Å². The zero-order valence-corrected chi connectivity index (χ0v) is 20.7. The predicted octanol–water partition coefficient (Wildman–Crippen LogP) is 3.46. The van der Waals surface area contributed by atoms with E-state index in [9.17, 15) is 14.8 Å². The topological polar surface area (TPSA) is 133 Å². The normalized spacial score (nSPS) is 15.7. The van der Waals surface area contributed by atoms with E-state index in [1.807, 2.05) is 46.9 Å². The highest BCUT2D eigenvalue weighted by molar-refractivity contribution is 5.99. The Morgan fingerprint density at radius 2 is 1.89 bits per heavy atom. The SMILES string of the molecule is Cc1ccc([C@H](Nc2[nH]o[n+](=O)c2Nc2cccc(C(=O)N3CCN(C)CC3)c2O)C(C)(C)C)o1. The molecule has 4 N–H and O–H groups in total. The number of benzene rings is 1. The maximum absolute atomic E-state index is 13.0. The zero-order valence-electron chi connectivity index (χ0n) is 20.7. The Labute approximate surface area is 203 Å². The fourth-order valence-electron chi connectivity index (χ4n) is 4.07. The van der Waals surface area contributed by atoms with E-state index in [2.05, 4.69) is 20.7 Å². The van der Waals surface area contributed by atoms with Gasteiger partial charge in [0.25, 0.3) is 11.7 Å². The quantitative estimate of drug-likeness (QED) is 0.390. The number of H-pyrrole nitrogens is 1. The highest BCUT2D eigenvalue weighted by atomic mass is 16.7. The molecule has 1 aliphatic rings. The number of nitrogens with zero attached hydrogens (tertiary/aromatic N) is 3. The summed E-state index contributed by atoms with van der Waals surface area (Å²) in [5, 5.41) is 19.7. The molecule has 1 atom stereocenters. The zero-order chi connectivity index (χ0) is 25.3. The van der Waals surface area contributed by atoms with E-state index >= 15 is 0 Å². The van der Waals surface area contributed by atoms with E-state index in [-0.39, 0.29) is 50.6 Å². The second-order valence-electron chi connectivity index (χ2n) is 9.99. The molecule has 1 saturated heterocycles. The van der Waals surface area contributed by atoms with Crippen molar-refractivity contribution in [2.45, 2.75) is 33.7 Å². The molecule has 0 radical (unpaired) electrons. The summed E-state index contributed by atoms with van der Waals surface area (Å²) in [5.41, 5.74) is 0.0865. The van der Waals surface area contributed by atoms with Crippen LogP contribution in [0.4, 0.5) is 17.3 Å². The Kier molecular flexibility index (Phi) is 6.62. The minimum Gasteiger partial charge on any atom is -0.504 e. The minimum absolute atomic E-state index is 0.00187. The van der Waals surface area contributed by atoms with Gasteiger partial charge in [-0.1, -0.05) is 32.0 Å². The van der Waals surface area contributed by atoms with Gasteiger partial charge >= 0.3 is 5.82 Å². The standard InChI is InChI=1S/C24H32N6O5/c1-15-9-10-18(34-15)20(24(2,3)4)26-21-22(30(33)35-27-21)25-17-8-6-7-16(19(17)31)23(32)29-13-11-28(5)12-14-29/h6-10,20,25H,11-14H2,1-5H3,(H2-,26,27,31,32,33)/p+1/t20-/m0/s1. The number of furan rings is 1. The van der Waals surface area contributed by atoms with Crippen LogP contribution in [0, 0.1) is 17.2 Å². The number of carbonyl (C=O) groups excluding carboxylic acids is 1. The molecule has 1 amide bonds. The summed E-state index contributed by atoms with van der Waals surface area (Å²) in [6.45, 7) is 10.7. The number of aryl methyl sites for hydroxylation is 1. The number of hydrogen-bond donors (Lipinski definition) is 4. The Morgan fingerprint density at radius 1 is 1.17 bits per heavy atom. The Bertz CT molecular complexity index is 1250. The molecule has 2 aromatic heterocycles. The van der Waals surface area contributed by atoms with E-state index in [0.717, 1.165) is 18.8 Å². The van der Waals surface area contributed by atoms with Crippen molar-refractivity contribution in [3.63, 3.8) is 0 Å². The lowest BCUT2D eigenvalue weighted by Crippen LogP contribution is -2.47. The molecular formula is C24H33N6O5+. The van der Waals surface area contributed by atoms with Crippen LogP contribution in [0.2, 0.25) is 0 Å². The monoisotopic (exact) mass is 485 g/mol. The molecule has 3 aromatic rings. The molecule has 0 spiro atoms. The molecule has 0 bridgehead atoms. The third kappa shape index (κ3) is 5.19. The summed E-state index contributed by atoms with van der Waals surface area (Å²) < 4.78 is 11.1. The maximum Gasteiger partial charge on any atom is 0.371 e. The Morgan fingerprint density at radius 3 is 2.51 bits per heavy atom. The smallest absolute Gasteiger partial charge is 0.371 e. The van der Waals surface area contributed by atoms with Crippen LogP contribution in [0.25, 0.3) is 0 Å². The van der Waals surface area contributed by atoms with Crippen molar-refractivity contribution in [2.75, 3.05) is 43.9 Å². The van der Waals surface area contributed by atoms with E-state index in [1.165, 1.54) is 0 Å². The number of para-hydroxylation sites is 1. The number of anilines is 3. The molecule has 3 heterocycles. The van der Waals surface area contributed by atoms with Crippen molar-refractivity contribution in [1.82, 2.24) is 15.0 Å². The highest BCUT2D eigenvalue weighted by Crippen LogP contribution is 2.38. The van der Waals surface area contributed by atoms with E-state index in [1.54, 1.807) is 23.1 Å². The number of amides is 1.